The van der Waals surface area contributed by atoms with Gasteiger partial charge in [0.2, 0.25) is 0 Å². The van der Waals surface area contributed by atoms with Gasteiger partial charge in [0.25, 0.3) is 0 Å². The number of nitrogens with two attached hydrogens (primary N) is 1. The molecular weight excluding hydrogens is 225 g/mol. The zero-order valence-electron chi connectivity index (χ0n) is 9.02. The minimum atomic E-state index is -0.924. The van der Waals surface area contributed by atoms with Gasteiger partial charge >= 0.3 is 5.97 Å². The Morgan fingerprint density at radius 1 is 1.53 bits per heavy atom. The summed E-state index contributed by atoms with van der Waals surface area (Å²) in [5.41, 5.74) is 6.87. The molecule has 90 valence electrons. The van der Waals surface area contributed by atoms with E-state index in [1.165, 1.54) is 18.4 Å². The normalized spacial score (nSPS) is 12.8. The lowest BCUT2D eigenvalue weighted by molar-refractivity contribution is -0.137. The fourth-order valence-electron chi connectivity index (χ4n) is 1.78. The van der Waals surface area contributed by atoms with E-state index in [0.717, 1.165) is 0 Å². The highest BCUT2D eigenvalue weighted by Crippen LogP contribution is 2.27. The molecule has 0 spiro atoms. The highest BCUT2D eigenvalue weighted by molar-refractivity contribution is 5.81. The van der Waals surface area contributed by atoms with Gasteiger partial charge in [0.15, 0.2) is 0 Å². The predicted molar refractivity (Wildman–Crippen MR) is 60.0 cm³/mol. The molecule has 0 bridgehead atoms. The molecule has 2 rings (SSSR count). The number of benzene rings is 1. The van der Waals surface area contributed by atoms with E-state index >= 15 is 0 Å². The molecule has 1 atom stereocenters. The predicted octanol–water partition coefficient (Wildman–Crippen LogP) is 2.44. The fourth-order valence-corrected chi connectivity index (χ4v) is 1.78. The van der Waals surface area contributed by atoms with E-state index in [1.807, 2.05) is 0 Å². The summed E-state index contributed by atoms with van der Waals surface area (Å²) in [7, 11) is 0. The van der Waals surface area contributed by atoms with Crippen molar-refractivity contribution in [1.82, 2.24) is 0 Å². The minimum Gasteiger partial charge on any atom is -0.481 e. The molecule has 1 aromatic carbocycles. The van der Waals surface area contributed by atoms with Crippen LogP contribution < -0.4 is 5.73 Å². The molecule has 0 saturated heterocycles. The first-order chi connectivity index (χ1) is 8.08. The second-order valence-electron chi connectivity index (χ2n) is 3.87. The Morgan fingerprint density at radius 3 is 3.00 bits per heavy atom. The number of aliphatic carboxylic acids is 1. The molecule has 4 nitrogen and oxygen atoms in total. The first kappa shape index (κ1) is 11.6. The van der Waals surface area contributed by atoms with Crippen LogP contribution in [0.25, 0.3) is 11.0 Å². The van der Waals surface area contributed by atoms with Gasteiger partial charge < -0.3 is 15.3 Å². The van der Waals surface area contributed by atoms with Crippen LogP contribution in [-0.4, -0.2) is 11.1 Å². The van der Waals surface area contributed by atoms with E-state index in [-0.39, 0.29) is 12.8 Å². The van der Waals surface area contributed by atoms with Crippen LogP contribution in [0.3, 0.4) is 0 Å². The van der Waals surface area contributed by atoms with Crippen molar-refractivity contribution in [3.05, 3.63) is 35.8 Å². The maximum atomic E-state index is 13.3. The van der Waals surface area contributed by atoms with Gasteiger partial charge in [0.1, 0.15) is 11.4 Å². The number of furan rings is 1. The molecule has 17 heavy (non-hydrogen) atoms. The quantitative estimate of drug-likeness (QED) is 0.856. The summed E-state index contributed by atoms with van der Waals surface area (Å²) in [5.74, 6) is -1.33. The van der Waals surface area contributed by atoms with Crippen molar-refractivity contribution < 1.29 is 18.7 Å². The number of carboxylic acids is 1. The number of hydrogen-bond acceptors (Lipinski definition) is 3. The highest BCUT2D eigenvalue weighted by atomic mass is 19.1. The third-order valence-corrected chi connectivity index (χ3v) is 2.61. The van der Waals surface area contributed by atoms with E-state index in [4.69, 9.17) is 15.3 Å². The molecule has 3 N–H and O–H groups in total. The van der Waals surface area contributed by atoms with Gasteiger partial charge in [-0.25, -0.2) is 4.39 Å². The Morgan fingerprint density at radius 2 is 2.29 bits per heavy atom. The fraction of sp³-hybridized carbons (Fsp3) is 0.250. The van der Waals surface area contributed by atoms with Crippen LogP contribution in [0, 0.1) is 5.82 Å². The lowest BCUT2D eigenvalue weighted by Crippen LogP contribution is -2.12. The Hall–Kier alpha value is -1.88. The molecule has 0 aliphatic heterocycles. The van der Waals surface area contributed by atoms with Crippen molar-refractivity contribution in [2.45, 2.75) is 18.9 Å². The second kappa shape index (κ2) is 4.55. The lowest BCUT2D eigenvalue weighted by Gasteiger charge is -2.11. The Balaban J connectivity index is 2.33. The van der Waals surface area contributed by atoms with Crippen molar-refractivity contribution in [1.29, 1.82) is 0 Å². The minimum absolute atomic E-state index is 0.0557. The van der Waals surface area contributed by atoms with Gasteiger partial charge in [-0.1, -0.05) is 0 Å². The van der Waals surface area contributed by atoms with Crippen molar-refractivity contribution in [2.24, 2.45) is 5.73 Å². The SMILES string of the molecule is NC(CCC(=O)O)c1cc(F)cc2ccoc12. The largest absolute Gasteiger partial charge is 0.481 e. The average Bonchev–Trinajstić information content (AvgIpc) is 2.72. The molecule has 0 aliphatic rings. The van der Waals surface area contributed by atoms with E-state index < -0.39 is 17.8 Å². The van der Waals surface area contributed by atoms with Gasteiger partial charge in [0, 0.05) is 23.4 Å². The molecule has 1 heterocycles. The summed E-state index contributed by atoms with van der Waals surface area (Å²) < 4.78 is 18.6. The molecule has 2 aromatic rings. The van der Waals surface area contributed by atoms with Crippen LogP contribution >= 0.6 is 0 Å². The van der Waals surface area contributed by atoms with Crippen molar-refractivity contribution in [3.63, 3.8) is 0 Å². The van der Waals surface area contributed by atoms with Crippen LogP contribution in [0.2, 0.25) is 0 Å². The van der Waals surface area contributed by atoms with Gasteiger partial charge in [-0.2, -0.15) is 0 Å². The summed E-state index contributed by atoms with van der Waals surface area (Å²) in [6.07, 6.45) is 1.64. The number of rotatable bonds is 4. The molecule has 5 heteroatoms. The van der Waals surface area contributed by atoms with Crippen LogP contribution in [0.5, 0.6) is 0 Å². The highest BCUT2D eigenvalue weighted by Gasteiger charge is 2.15. The van der Waals surface area contributed by atoms with E-state index in [1.54, 1.807) is 6.07 Å². The van der Waals surface area contributed by atoms with Gasteiger partial charge in [-0.15, -0.1) is 0 Å². The number of halogens is 1. The molecule has 0 saturated carbocycles. The average molecular weight is 237 g/mol. The third kappa shape index (κ3) is 2.45. The van der Waals surface area contributed by atoms with Crippen molar-refractivity contribution >= 4 is 16.9 Å². The van der Waals surface area contributed by atoms with Crippen molar-refractivity contribution in [2.75, 3.05) is 0 Å². The molecule has 1 unspecified atom stereocenters. The lowest BCUT2D eigenvalue weighted by atomic mass is 10.0. The van der Waals surface area contributed by atoms with Crippen LogP contribution in [-0.2, 0) is 4.79 Å². The number of hydrogen-bond donors (Lipinski definition) is 2. The zero-order chi connectivity index (χ0) is 12.4. The molecule has 1 aromatic heterocycles. The van der Waals surface area contributed by atoms with Crippen LogP contribution in [0.4, 0.5) is 4.39 Å². The first-order valence-corrected chi connectivity index (χ1v) is 5.22. The van der Waals surface area contributed by atoms with E-state index in [0.29, 0.717) is 16.5 Å². The number of carbonyl (C=O) groups is 1. The maximum Gasteiger partial charge on any atom is 0.303 e. The summed E-state index contributed by atoms with van der Waals surface area (Å²) in [5, 5.41) is 9.21. The molecular formula is C12H12FNO3. The van der Waals surface area contributed by atoms with Gasteiger partial charge in [-0.3, -0.25) is 4.79 Å². The standard InChI is InChI=1S/C12H12FNO3/c13-8-5-7-3-4-17-12(7)9(6-8)10(14)1-2-11(15)16/h3-6,10H,1-2,14H2,(H,15,16). The number of carboxylic acid groups (broad SMARTS) is 1. The summed E-state index contributed by atoms with van der Waals surface area (Å²) >= 11 is 0. The monoisotopic (exact) mass is 237 g/mol. The second-order valence-corrected chi connectivity index (χ2v) is 3.87. The topological polar surface area (TPSA) is 76.5 Å². The first-order valence-electron chi connectivity index (χ1n) is 5.22. The van der Waals surface area contributed by atoms with Gasteiger partial charge in [-0.05, 0) is 24.6 Å². The Bertz CT molecular complexity index is 550. The Kier molecular flexibility index (Phi) is 3.10. The zero-order valence-corrected chi connectivity index (χ0v) is 9.02. The smallest absolute Gasteiger partial charge is 0.303 e. The van der Waals surface area contributed by atoms with Crippen LogP contribution in [0.1, 0.15) is 24.4 Å². The summed E-state index contributed by atoms with van der Waals surface area (Å²) in [4.78, 5) is 10.5. The maximum absolute atomic E-state index is 13.3. The van der Waals surface area contributed by atoms with Gasteiger partial charge in [0.05, 0.1) is 6.26 Å². The van der Waals surface area contributed by atoms with E-state index in [9.17, 15) is 9.18 Å². The number of fused-ring (bicyclic) bond motifs is 1. The van der Waals surface area contributed by atoms with E-state index in [2.05, 4.69) is 0 Å². The molecule has 0 fully saturated rings. The van der Waals surface area contributed by atoms with Crippen LogP contribution in [0.15, 0.2) is 28.9 Å². The molecule has 0 amide bonds. The third-order valence-electron chi connectivity index (χ3n) is 2.61. The summed E-state index contributed by atoms with van der Waals surface area (Å²) in [6, 6.07) is 3.74. The Labute approximate surface area is 96.8 Å². The molecule has 0 radical (unpaired) electrons. The molecule has 0 aliphatic carbocycles. The van der Waals surface area contributed by atoms with Crippen molar-refractivity contribution in [3.8, 4) is 0 Å². The summed E-state index contributed by atoms with van der Waals surface area (Å²) in [6.45, 7) is 0.